The number of carbonyl (C=O) groups excluding carboxylic acids is 1. The Morgan fingerprint density at radius 1 is 1.16 bits per heavy atom. The molecule has 0 aliphatic carbocycles. The second-order valence-corrected chi connectivity index (χ2v) is 6.82. The average Bonchev–Trinajstić information content (AvgIpc) is 2.88. The van der Waals surface area contributed by atoms with Gasteiger partial charge < -0.3 is 4.74 Å². The maximum Gasteiger partial charge on any atom is 0.278 e. The van der Waals surface area contributed by atoms with Gasteiger partial charge in [-0.25, -0.2) is 0 Å². The van der Waals surface area contributed by atoms with E-state index in [0.717, 1.165) is 21.4 Å². The minimum Gasteiger partial charge on any atom is -0.487 e. The minimum absolute atomic E-state index is 0.162. The highest BCUT2D eigenvalue weighted by atomic mass is 79.9. The summed E-state index contributed by atoms with van der Waals surface area (Å²) in [4.78, 5) is 12.6. The van der Waals surface area contributed by atoms with E-state index >= 15 is 0 Å². The van der Waals surface area contributed by atoms with E-state index in [1.165, 1.54) is 4.68 Å². The van der Waals surface area contributed by atoms with Crippen LogP contribution in [0.4, 0.5) is 0 Å². The number of hydrogen-bond donors (Lipinski definition) is 0. The van der Waals surface area contributed by atoms with Crippen LogP contribution in [-0.4, -0.2) is 15.7 Å². The lowest BCUT2D eigenvalue weighted by Crippen LogP contribution is -2.15. The number of hydrogen-bond acceptors (Lipinski definition) is 3. The van der Waals surface area contributed by atoms with E-state index in [0.29, 0.717) is 22.9 Å². The number of carbonyl (C=O) groups is 1. The fraction of sp³-hybridized carbons (Fsp3) is 0.158. The van der Waals surface area contributed by atoms with Crippen molar-refractivity contribution in [2.75, 3.05) is 0 Å². The third-order valence-electron chi connectivity index (χ3n) is 3.83. The quantitative estimate of drug-likeness (QED) is 0.585. The van der Waals surface area contributed by atoms with E-state index in [9.17, 15) is 4.79 Å². The summed E-state index contributed by atoms with van der Waals surface area (Å²) in [6.45, 7) is 4.09. The molecule has 0 aliphatic heterocycles. The van der Waals surface area contributed by atoms with Gasteiger partial charge >= 0.3 is 0 Å². The third kappa shape index (κ3) is 3.78. The first kappa shape index (κ1) is 17.7. The standard InChI is InChI=1S/C19H16BrClN2O2/c1-12-18(20)13(2)23(22-12)19(24)15-9-7-14(8-10-15)11-25-17-6-4-3-5-16(17)21/h3-10H,11H2,1-2H3. The van der Waals surface area contributed by atoms with Crippen molar-refractivity contribution in [3.63, 3.8) is 0 Å². The largest absolute Gasteiger partial charge is 0.487 e. The maximum absolute atomic E-state index is 12.6. The molecule has 4 nitrogen and oxygen atoms in total. The highest BCUT2D eigenvalue weighted by molar-refractivity contribution is 9.10. The van der Waals surface area contributed by atoms with Crippen LogP contribution in [0.15, 0.2) is 53.0 Å². The van der Waals surface area contributed by atoms with Gasteiger partial charge in [0.1, 0.15) is 12.4 Å². The smallest absolute Gasteiger partial charge is 0.278 e. The molecule has 1 aromatic heterocycles. The number of benzene rings is 2. The van der Waals surface area contributed by atoms with Crippen molar-refractivity contribution < 1.29 is 9.53 Å². The van der Waals surface area contributed by atoms with Crippen LogP contribution in [-0.2, 0) is 6.61 Å². The normalized spacial score (nSPS) is 10.7. The van der Waals surface area contributed by atoms with Crippen LogP contribution in [0.25, 0.3) is 0 Å². The molecule has 3 aromatic rings. The molecule has 3 rings (SSSR count). The second kappa shape index (κ2) is 7.42. The Hall–Kier alpha value is -2.11. The minimum atomic E-state index is -0.162. The van der Waals surface area contributed by atoms with Gasteiger partial charge in [-0.15, -0.1) is 0 Å². The first-order valence-electron chi connectivity index (χ1n) is 7.70. The molecule has 1 heterocycles. The first-order chi connectivity index (χ1) is 12.0. The van der Waals surface area contributed by atoms with E-state index in [4.69, 9.17) is 16.3 Å². The lowest BCUT2D eigenvalue weighted by Gasteiger charge is -2.08. The summed E-state index contributed by atoms with van der Waals surface area (Å²) in [7, 11) is 0. The van der Waals surface area contributed by atoms with Crippen LogP contribution < -0.4 is 4.74 Å². The lowest BCUT2D eigenvalue weighted by molar-refractivity contribution is 0.0942. The zero-order chi connectivity index (χ0) is 18.0. The zero-order valence-corrected chi connectivity index (χ0v) is 16.1. The number of aryl methyl sites for hydroxylation is 1. The van der Waals surface area contributed by atoms with E-state index < -0.39 is 0 Å². The number of halogens is 2. The van der Waals surface area contributed by atoms with Crippen molar-refractivity contribution in [3.8, 4) is 5.75 Å². The molecule has 0 aliphatic rings. The highest BCUT2D eigenvalue weighted by Crippen LogP contribution is 2.24. The van der Waals surface area contributed by atoms with Gasteiger partial charge in [-0.1, -0.05) is 35.9 Å². The van der Waals surface area contributed by atoms with E-state index in [1.54, 1.807) is 18.2 Å². The van der Waals surface area contributed by atoms with E-state index in [2.05, 4.69) is 21.0 Å². The average molecular weight is 420 g/mol. The molecule has 2 aromatic carbocycles. The number of nitrogens with zero attached hydrogens (tertiary/aromatic N) is 2. The molecular weight excluding hydrogens is 404 g/mol. The molecular formula is C19H16BrClN2O2. The van der Waals surface area contributed by atoms with Gasteiger partial charge in [0, 0.05) is 5.56 Å². The summed E-state index contributed by atoms with van der Waals surface area (Å²) >= 11 is 9.51. The SMILES string of the molecule is Cc1nn(C(=O)c2ccc(COc3ccccc3Cl)cc2)c(C)c1Br. The van der Waals surface area contributed by atoms with Crippen molar-refractivity contribution in [3.05, 3.63) is 80.5 Å². The van der Waals surface area contributed by atoms with Gasteiger partial charge in [-0.05, 0) is 59.6 Å². The molecule has 0 bridgehead atoms. The Morgan fingerprint density at radius 3 is 2.44 bits per heavy atom. The molecule has 0 amide bonds. The number of aromatic nitrogens is 2. The Kier molecular flexibility index (Phi) is 5.25. The molecule has 128 valence electrons. The van der Waals surface area contributed by atoms with Crippen molar-refractivity contribution >= 4 is 33.4 Å². The van der Waals surface area contributed by atoms with Gasteiger partial charge in [0.15, 0.2) is 0 Å². The predicted octanol–water partition coefficient (Wildman–Crippen LogP) is 5.18. The molecule has 0 radical (unpaired) electrons. The first-order valence-corrected chi connectivity index (χ1v) is 8.87. The van der Waals surface area contributed by atoms with Crippen LogP contribution in [0, 0.1) is 13.8 Å². The molecule has 0 spiro atoms. The van der Waals surface area contributed by atoms with E-state index in [-0.39, 0.29) is 5.91 Å². The molecule has 6 heteroatoms. The van der Waals surface area contributed by atoms with Gasteiger partial charge in [-0.3, -0.25) is 4.79 Å². The Labute approximate surface area is 159 Å². The molecule has 0 unspecified atom stereocenters. The monoisotopic (exact) mass is 418 g/mol. The Balaban J connectivity index is 1.72. The van der Waals surface area contributed by atoms with Crippen molar-refractivity contribution in [1.82, 2.24) is 9.78 Å². The summed E-state index contributed by atoms with van der Waals surface area (Å²) in [5, 5.41) is 4.85. The number of para-hydroxylation sites is 1. The van der Waals surface area contributed by atoms with Crippen LogP contribution in [0.3, 0.4) is 0 Å². The fourth-order valence-electron chi connectivity index (χ4n) is 2.41. The van der Waals surface area contributed by atoms with Crippen molar-refractivity contribution in [2.24, 2.45) is 0 Å². The Morgan fingerprint density at radius 2 is 1.84 bits per heavy atom. The molecule has 0 fully saturated rings. The summed E-state index contributed by atoms with van der Waals surface area (Å²) in [6, 6.07) is 14.6. The van der Waals surface area contributed by atoms with Gasteiger partial charge in [-0.2, -0.15) is 9.78 Å². The maximum atomic E-state index is 12.6. The van der Waals surface area contributed by atoms with Crippen LogP contribution in [0.2, 0.25) is 5.02 Å². The summed E-state index contributed by atoms with van der Waals surface area (Å²) < 4.78 is 7.97. The molecule has 0 saturated heterocycles. The van der Waals surface area contributed by atoms with Crippen molar-refractivity contribution in [2.45, 2.75) is 20.5 Å². The lowest BCUT2D eigenvalue weighted by atomic mass is 10.1. The molecule has 0 atom stereocenters. The van der Waals surface area contributed by atoms with Crippen LogP contribution in [0.5, 0.6) is 5.75 Å². The number of ether oxygens (including phenoxy) is 1. The van der Waals surface area contributed by atoms with E-state index in [1.807, 2.05) is 44.2 Å². The molecule has 0 saturated carbocycles. The fourth-order valence-corrected chi connectivity index (χ4v) is 2.85. The third-order valence-corrected chi connectivity index (χ3v) is 5.29. The zero-order valence-electron chi connectivity index (χ0n) is 13.8. The summed E-state index contributed by atoms with van der Waals surface area (Å²) in [5.74, 6) is 0.474. The molecule has 25 heavy (non-hydrogen) atoms. The van der Waals surface area contributed by atoms with Crippen molar-refractivity contribution in [1.29, 1.82) is 0 Å². The van der Waals surface area contributed by atoms with Crippen LogP contribution >= 0.6 is 27.5 Å². The van der Waals surface area contributed by atoms with Gasteiger partial charge in [0.05, 0.1) is 20.9 Å². The number of rotatable bonds is 4. The molecule has 0 N–H and O–H groups in total. The predicted molar refractivity (Wildman–Crippen MR) is 101 cm³/mol. The Bertz CT molecular complexity index is 920. The summed E-state index contributed by atoms with van der Waals surface area (Å²) in [6.07, 6.45) is 0. The van der Waals surface area contributed by atoms with Gasteiger partial charge in [0.2, 0.25) is 0 Å². The van der Waals surface area contributed by atoms with Gasteiger partial charge in [0.25, 0.3) is 5.91 Å². The second-order valence-electron chi connectivity index (χ2n) is 5.62. The summed E-state index contributed by atoms with van der Waals surface area (Å²) in [5.41, 5.74) is 3.09. The highest BCUT2D eigenvalue weighted by Gasteiger charge is 2.16. The van der Waals surface area contributed by atoms with Crippen LogP contribution in [0.1, 0.15) is 27.3 Å². The topological polar surface area (TPSA) is 44.1 Å².